The van der Waals surface area contributed by atoms with Crippen molar-refractivity contribution < 1.29 is 38.6 Å². The average molecular weight is 625 g/mol. The van der Waals surface area contributed by atoms with Gasteiger partial charge in [-0.05, 0) is 64.0 Å². The first-order valence-corrected chi connectivity index (χ1v) is 15.9. The van der Waals surface area contributed by atoms with Crippen molar-refractivity contribution in [1.29, 1.82) is 0 Å². The number of carbonyl (C=O) groups excluding carboxylic acids is 4. The van der Waals surface area contributed by atoms with E-state index in [0.29, 0.717) is 32.4 Å². The fraction of sp³-hybridized carbons (Fsp3) is 0.606. The van der Waals surface area contributed by atoms with Crippen LogP contribution in [-0.4, -0.2) is 87.3 Å². The van der Waals surface area contributed by atoms with E-state index in [-0.39, 0.29) is 25.3 Å². The molecule has 1 aromatic rings. The number of carboxylic acid groups (broad SMARTS) is 1. The summed E-state index contributed by atoms with van der Waals surface area (Å²) < 4.78 is 11.3. The molecule has 4 amide bonds. The van der Waals surface area contributed by atoms with Crippen molar-refractivity contribution in [2.75, 3.05) is 13.1 Å². The van der Waals surface area contributed by atoms with E-state index in [4.69, 9.17) is 9.47 Å². The van der Waals surface area contributed by atoms with Crippen LogP contribution in [0.1, 0.15) is 76.8 Å². The third kappa shape index (κ3) is 7.59. The van der Waals surface area contributed by atoms with Crippen LogP contribution >= 0.6 is 0 Å². The quantitative estimate of drug-likeness (QED) is 0.432. The summed E-state index contributed by atoms with van der Waals surface area (Å²) in [6.07, 6.45) is 5.97. The summed E-state index contributed by atoms with van der Waals surface area (Å²) in [7, 11) is 0. The number of carbonyl (C=O) groups is 5. The lowest BCUT2D eigenvalue weighted by Gasteiger charge is -2.30. The Hall–Kier alpha value is -4.09. The van der Waals surface area contributed by atoms with Crippen LogP contribution in [0.25, 0.3) is 0 Å². The van der Waals surface area contributed by atoms with Crippen molar-refractivity contribution in [2.24, 2.45) is 5.92 Å². The summed E-state index contributed by atoms with van der Waals surface area (Å²) in [5.41, 5.74) is -0.0144. The van der Waals surface area contributed by atoms with Crippen LogP contribution in [0.15, 0.2) is 36.4 Å². The molecule has 5 rings (SSSR count). The molecule has 3 heterocycles. The number of nitrogens with zero attached hydrogens (tertiary/aromatic N) is 2. The number of hydrogen-bond donors (Lipinski definition) is 3. The minimum atomic E-state index is -1.45. The minimum absolute atomic E-state index is 0.00308. The maximum absolute atomic E-state index is 14.1. The van der Waals surface area contributed by atoms with Crippen molar-refractivity contribution in [2.45, 2.75) is 108 Å². The molecule has 0 radical (unpaired) electrons. The molecule has 1 aliphatic carbocycles. The van der Waals surface area contributed by atoms with Gasteiger partial charge in [0.15, 0.2) is 0 Å². The predicted octanol–water partition coefficient (Wildman–Crippen LogP) is 3.52. The number of rotatable bonds is 3. The molecule has 0 spiro atoms. The second-order valence-electron chi connectivity index (χ2n) is 13.5. The number of aliphatic carboxylic acids is 1. The van der Waals surface area contributed by atoms with Gasteiger partial charge in [-0.1, -0.05) is 49.3 Å². The van der Waals surface area contributed by atoms with Crippen molar-refractivity contribution in [3.63, 3.8) is 0 Å². The van der Waals surface area contributed by atoms with Crippen LogP contribution in [0, 0.1) is 5.92 Å². The number of alkyl carbamates (subject to hydrolysis) is 1. The molecule has 1 aromatic carbocycles. The highest BCUT2D eigenvalue weighted by Crippen LogP contribution is 2.45. The molecule has 45 heavy (non-hydrogen) atoms. The molecule has 2 fully saturated rings. The SMILES string of the molecule is CC(C)(C)OC(=O)N[C@H]1CCCCC/C=C/[C@H]2C[C@]2(C(=O)O)NC(=O)[C@@H]2C[C@@H](OC(=O)N3CCc4ccccc4C3)CN2C1=O. The largest absolute Gasteiger partial charge is 0.479 e. The molecule has 5 atom stereocenters. The van der Waals surface area contributed by atoms with E-state index >= 15 is 0 Å². The Morgan fingerprint density at radius 1 is 1.09 bits per heavy atom. The zero-order valence-electron chi connectivity index (χ0n) is 26.3. The highest BCUT2D eigenvalue weighted by molar-refractivity contribution is 5.96. The summed E-state index contributed by atoms with van der Waals surface area (Å²) in [6, 6.07) is 5.83. The zero-order valence-corrected chi connectivity index (χ0v) is 26.3. The molecule has 1 saturated carbocycles. The topological polar surface area (TPSA) is 155 Å². The van der Waals surface area contributed by atoms with Gasteiger partial charge in [-0.3, -0.25) is 9.59 Å². The smallest absolute Gasteiger partial charge is 0.410 e. The summed E-state index contributed by atoms with van der Waals surface area (Å²) in [5, 5.41) is 15.5. The Morgan fingerprint density at radius 3 is 2.58 bits per heavy atom. The summed E-state index contributed by atoms with van der Waals surface area (Å²) in [5.74, 6) is -2.62. The van der Waals surface area contributed by atoms with Crippen LogP contribution in [0.3, 0.4) is 0 Å². The summed E-state index contributed by atoms with van der Waals surface area (Å²) in [6.45, 7) is 5.98. The van der Waals surface area contributed by atoms with Gasteiger partial charge in [-0.2, -0.15) is 0 Å². The van der Waals surface area contributed by atoms with Gasteiger partial charge in [0.2, 0.25) is 11.8 Å². The predicted molar refractivity (Wildman–Crippen MR) is 163 cm³/mol. The first-order valence-electron chi connectivity index (χ1n) is 15.9. The van der Waals surface area contributed by atoms with Crippen molar-refractivity contribution in [3.8, 4) is 0 Å². The number of allylic oxidation sites excluding steroid dienone is 1. The number of ether oxygens (including phenoxy) is 2. The van der Waals surface area contributed by atoms with E-state index in [1.807, 2.05) is 36.4 Å². The van der Waals surface area contributed by atoms with Crippen LogP contribution in [0.4, 0.5) is 9.59 Å². The molecule has 0 bridgehead atoms. The molecule has 0 unspecified atom stereocenters. The highest BCUT2D eigenvalue weighted by atomic mass is 16.6. The monoisotopic (exact) mass is 624 g/mol. The lowest BCUT2D eigenvalue weighted by molar-refractivity contribution is -0.145. The molecule has 1 saturated heterocycles. The van der Waals surface area contributed by atoms with E-state index in [1.54, 1.807) is 25.7 Å². The Balaban J connectivity index is 1.36. The van der Waals surface area contributed by atoms with Gasteiger partial charge in [-0.25, -0.2) is 14.4 Å². The fourth-order valence-corrected chi connectivity index (χ4v) is 6.47. The van der Waals surface area contributed by atoms with Crippen molar-refractivity contribution in [1.82, 2.24) is 20.4 Å². The molecule has 3 N–H and O–H groups in total. The normalized spacial score (nSPS) is 29.5. The Bertz CT molecular complexity index is 1360. The van der Waals surface area contributed by atoms with E-state index in [0.717, 1.165) is 24.8 Å². The molecule has 0 aromatic heterocycles. The number of benzene rings is 1. The van der Waals surface area contributed by atoms with Crippen LogP contribution in [0.5, 0.6) is 0 Å². The second-order valence-corrected chi connectivity index (χ2v) is 13.5. The Kier molecular flexibility index (Phi) is 9.41. The molecule has 12 nitrogen and oxygen atoms in total. The van der Waals surface area contributed by atoms with Gasteiger partial charge >= 0.3 is 18.2 Å². The van der Waals surface area contributed by atoms with Gasteiger partial charge in [0.1, 0.15) is 29.3 Å². The lowest BCUT2D eigenvalue weighted by atomic mass is 10.0. The molecule has 3 aliphatic heterocycles. The number of carboxylic acids is 1. The van der Waals surface area contributed by atoms with Crippen molar-refractivity contribution in [3.05, 3.63) is 47.5 Å². The Morgan fingerprint density at radius 2 is 1.84 bits per heavy atom. The minimum Gasteiger partial charge on any atom is -0.479 e. The van der Waals surface area contributed by atoms with Gasteiger partial charge < -0.3 is 35.0 Å². The third-order valence-electron chi connectivity index (χ3n) is 8.97. The first-order chi connectivity index (χ1) is 21.4. The molecular formula is C33H44N4O8. The van der Waals surface area contributed by atoms with E-state index in [1.165, 1.54) is 10.5 Å². The molecular weight excluding hydrogens is 580 g/mol. The summed E-state index contributed by atoms with van der Waals surface area (Å²) in [4.78, 5) is 69.1. The third-order valence-corrected chi connectivity index (χ3v) is 8.97. The fourth-order valence-electron chi connectivity index (χ4n) is 6.47. The van der Waals surface area contributed by atoms with E-state index < -0.39 is 59.3 Å². The van der Waals surface area contributed by atoms with E-state index in [2.05, 4.69) is 10.6 Å². The van der Waals surface area contributed by atoms with Crippen molar-refractivity contribution >= 4 is 30.0 Å². The Labute approximate surface area is 263 Å². The standard InChI is InChI=1S/C33H44N4O8/c1-32(2,3)45-30(42)34-25-14-8-6-4-5-7-13-23-18-33(23,29(40)41)35-27(38)26-17-24(20-37(26)28(25)39)44-31(43)36-16-15-21-11-9-10-12-22(21)19-36/h7,9-13,23-26H,4-6,8,14-20H2,1-3H3,(H,34,42)(H,35,38)(H,40,41)/b13-7+/t23-,24+,25-,26-,33-/m0/s1. The average Bonchev–Trinajstić information content (AvgIpc) is 3.51. The molecule has 244 valence electrons. The van der Waals surface area contributed by atoms with Crippen LogP contribution in [-0.2, 0) is 36.8 Å². The highest BCUT2D eigenvalue weighted by Gasteiger charge is 2.61. The maximum Gasteiger partial charge on any atom is 0.410 e. The van der Waals surface area contributed by atoms with Gasteiger partial charge in [-0.15, -0.1) is 0 Å². The number of amides is 4. The van der Waals surface area contributed by atoms with Gasteiger partial charge in [0.05, 0.1) is 6.54 Å². The number of nitrogens with one attached hydrogen (secondary N) is 2. The second kappa shape index (κ2) is 13.1. The first kappa shape index (κ1) is 32.3. The maximum atomic E-state index is 14.1. The number of hydrogen-bond acceptors (Lipinski definition) is 7. The van der Waals surface area contributed by atoms with E-state index in [9.17, 15) is 29.1 Å². The number of fused-ring (bicyclic) bond motifs is 3. The summed E-state index contributed by atoms with van der Waals surface area (Å²) >= 11 is 0. The van der Waals surface area contributed by atoms with Crippen LogP contribution in [0.2, 0.25) is 0 Å². The lowest BCUT2D eigenvalue weighted by Crippen LogP contribution is -2.56. The van der Waals surface area contributed by atoms with Gasteiger partial charge in [0.25, 0.3) is 0 Å². The van der Waals surface area contributed by atoms with Crippen LogP contribution < -0.4 is 10.6 Å². The molecule has 12 heteroatoms. The molecule has 4 aliphatic rings. The van der Waals surface area contributed by atoms with Gasteiger partial charge in [0, 0.05) is 25.4 Å². The zero-order chi connectivity index (χ0) is 32.4.